The maximum Gasteiger partial charge on any atom is 0.321 e. The van der Waals surface area contributed by atoms with Crippen molar-refractivity contribution in [2.24, 2.45) is 0 Å². The molecule has 2 amide bonds. The number of hydrogen-bond acceptors (Lipinski definition) is 2. The number of hydrogen-bond donors (Lipinski definition) is 1. The molecule has 0 aliphatic heterocycles. The van der Waals surface area contributed by atoms with Crippen LogP contribution in [0.4, 0.5) is 10.5 Å². The summed E-state index contributed by atoms with van der Waals surface area (Å²) in [7, 11) is 1.72. The highest BCUT2D eigenvalue weighted by Gasteiger charge is 2.12. The average Bonchev–Trinajstić information content (AvgIpc) is 2.79. The van der Waals surface area contributed by atoms with E-state index in [4.69, 9.17) is 23.2 Å². The zero-order chi connectivity index (χ0) is 14.7. The van der Waals surface area contributed by atoms with Gasteiger partial charge in [0.15, 0.2) is 0 Å². The van der Waals surface area contributed by atoms with Gasteiger partial charge in [-0.15, -0.1) is 11.3 Å². The first kappa shape index (κ1) is 15.6. The van der Waals surface area contributed by atoms with Crippen molar-refractivity contribution in [3.8, 4) is 0 Å². The first-order valence-corrected chi connectivity index (χ1v) is 8.08. The molecule has 0 aliphatic carbocycles. The SMILES string of the molecule is CN(Cc1csc(Br)c1)C(=O)Nc1cc(Cl)ccc1Cl. The highest BCUT2D eigenvalue weighted by Crippen LogP contribution is 2.26. The second-order valence-electron chi connectivity index (χ2n) is 4.17. The molecule has 0 saturated heterocycles. The number of carbonyl (C=O) groups is 1. The lowest BCUT2D eigenvalue weighted by Gasteiger charge is -2.18. The number of anilines is 1. The van der Waals surface area contributed by atoms with Crippen molar-refractivity contribution in [3.05, 3.63) is 49.0 Å². The second-order valence-corrected chi connectivity index (χ2v) is 7.30. The minimum Gasteiger partial charge on any atom is -0.323 e. The molecular weight excluding hydrogens is 383 g/mol. The Bertz CT molecular complexity index is 633. The Morgan fingerprint density at radius 2 is 2.15 bits per heavy atom. The first-order valence-electron chi connectivity index (χ1n) is 5.66. The summed E-state index contributed by atoms with van der Waals surface area (Å²) >= 11 is 16.9. The van der Waals surface area contributed by atoms with Crippen molar-refractivity contribution in [1.29, 1.82) is 0 Å². The van der Waals surface area contributed by atoms with E-state index in [1.807, 2.05) is 11.4 Å². The van der Waals surface area contributed by atoms with E-state index in [0.717, 1.165) is 9.35 Å². The van der Waals surface area contributed by atoms with Crippen molar-refractivity contribution in [2.75, 3.05) is 12.4 Å². The molecule has 1 N–H and O–H groups in total. The van der Waals surface area contributed by atoms with Gasteiger partial charge in [-0.05, 0) is 51.1 Å². The first-order chi connectivity index (χ1) is 9.45. The molecule has 0 unspecified atom stereocenters. The van der Waals surface area contributed by atoms with Gasteiger partial charge in [0.1, 0.15) is 0 Å². The standard InChI is InChI=1S/C13H11BrCl2N2OS/c1-18(6-8-4-12(14)20-7-8)13(19)17-11-5-9(15)2-3-10(11)16/h2-5,7H,6H2,1H3,(H,17,19). The highest BCUT2D eigenvalue weighted by molar-refractivity contribution is 9.11. The van der Waals surface area contributed by atoms with Gasteiger partial charge >= 0.3 is 6.03 Å². The lowest BCUT2D eigenvalue weighted by atomic mass is 10.3. The van der Waals surface area contributed by atoms with E-state index in [1.165, 1.54) is 0 Å². The Morgan fingerprint density at radius 1 is 1.40 bits per heavy atom. The molecule has 0 bridgehead atoms. The van der Waals surface area contributed by atoms with Crippen LogP contribution < -0.4 is 5.32 Å². The molecule has 0 radical (unpaired) electrons. The maximum absolute atomic E-state index is 12.1. The van der Waals surface area contributed by atoms with Gasteiger partial charge in [0.2, 0.25) is 0 Å². The Labute approximate surface area is 139 Å². The van der Waals surface area contributed by atoms with Gasteiger partial charge in [0.05, 0.1) is 14.5 Å². The number of halogens is 3. The Hall–Kier alpha value is -0.750. The van der Waals surface area contributed by atoms with Crippen molar-refractivity contribution in [3.63, 3.8) is 0 Å². The Kier molecular flexibility index (Phi) is 5.32. The number of amides is 2. The van der Waals surface area contributed by atoms with Gasteiger partial charge in [-0.25, -0.2) is 4.79 Å². The minimum absolute atomic E-state index is 0.239. The van der Waals surface area contributed by atoms with E-state index in [2.05, 4.69) is 21.2 Å². The molecule has 2 aromatic rings. The monoisotopic (exact) mass is 392 g/mol. The van der Waals surface area contributed by atoms with Crippen LogP contribution in [-0.4, -0.2) is 18.0 Å². The van der Waals surface area contributed by atoms with Gasteiger partial charge in [-0.3, -0.25) is 0 Å². The number of thiophene rings is 1. The van der Waals surface area contributed by atoms with Crippen molar-refractivity contribution >= 4 is 62.2 Å². The van der Waals surface area contributed by atoms with Gasteiger partial charge in [-0.1, -0.05) is 23.2 Å². The predicted octanol–water partition coefficient (Wildman–Crippen LogP) is 5.48. The predicted molar refractivity (Wildman–Crippen MR) is 89.0 cm³/mol. The molecule has 0 fully saturated rings. The second kappa shape index (κ2) is 6.80. The van der Waals surface area contributed by atoms with Gasteiger partial charge in [0, 0.05) is 18.6 Å². The quantitative estimate of drug-likeness (QED) is 0.735. The molecular formula is C13H11BrCl2N2OS. The van der Waals surface area contributed by atoms with E-state index in [-0.39, 0.29) is 6.03 Å². The summed E-state index contributed by atoms with van der Waals surface area (Å²) in [5.74, 6) is 0. The van der Waals surface area contributed by atoms with Crippen LogP contribution in [0.1, 0.15) is 5.56 Å². The molecule has 0 saturated carbocycles. The van der Waals surface area contributed by atoms with Crippen LogP contribution in [0.3, 0.4) is 0 Å². The number of nitrogens with zero attached hydrogens (tertiary/aromatic N) is 1. The summed E-state index contributed by atoms with van der Waals surface area (Å²) in [6, 6.07) is 6.69. The van der Waals surface area contributed by atoms with Gasteiger partial charge in [0.25, 0.3) is 0 Å². The summed E-state index contributed by atoms with van der Waals surface area (Å²) in [5, 5.41) is 5.72. The van der Waals surface area contributed by atoms with Crippen molar-refractivity contribution < 1.29 is 4.79 Å². The van der Waals surface area contributed by atoms with Crippen LogP contribution in [-0.2, 0) is 6.54 Å². The minimum atomic E-state index is -0.239. The van der Waals surface area contributed by atoms with E-state index >= 15 is 0 Å². The fourth-order valence-electron chi connectivity index (χ4n) is 1.58. The Morgan fingerprint density at radius 3 is 2.80 bits per heavy atom. The van der Waals surface area contributed by atoms with E-state index in [9.17, 15) is 4.79 Å². The molecule has 1 aromatic carbocycles. The molecule has 1 aromatic heterocycles. The van der Waals surface area contributed by atoms with Crippen LogP contribution in [0.15, 0.2) is 33.4 Å². The highest BCUT2D eigenvalue weighted by atomic mass is 79.9. The summed E-state index contributed by atoms with van der Waals surface area (Å²) in [6.07, 6.45) is 0. The summed E-state index contributed by atoms with van der Waals surface area (Å²) in [6.45, 7) is 0.520. The van der Waals surface area contributed by atoms with Crippen LogP contribution in [0, 0.1) is 0 Å². The third kappa shape index (κ3) is 4.12. The molecule has 1 heterocycles. The third-order valence-corrected chi connectivity index (χ3v) is 4.68. The lowest BCUT2D eigenvalue weighted by Crippen LogP contribution is -2.30. The maximum atomic E-state index is 12.1. The van der Waals surface area contributed by atoms with Crippen LogP contribution in [0.5, 0.6) is 0 Å². The molecule has 7 heteroatoms. The fraction of sp³-hybridized carbons (Fsp3) is 0.154. The normalized spacial score (nSPS) is 10.4. The molecule has 0 spiro atoms. The summed E-state index contributed by atoms with van der Waals surface area (Å²) < 4.78 is 1.04. The number of benzene rings is 1. The average molecular weight is 394 g/mol. The van der Waals surface area contributed by atoms with Crippen LogP contribution in [0.2, 0.25) is 10.0 Å². The molecule has 106 valence electrons. The lowest BCUT2D eigenvalue weighted by molar-refractivity contribution is 0.221. The molecule has 2 rings (SSSR count). The molecule has 3 nitrogen and oxygen atoms in total. The number of nitrogens with one attached hydrogen (secondary N) is 1. The van der Waals surface area contributed by atoms with Crippen LogP contribution in [0.25, 0.3) is 0 Å². The number of rotatable bonds is 3. The van der Waals surface area contributed by atoms with Crippen molar-refractivity contribution in [2.45, 2.75) is 6.54 Å². The smallest absolute Gasteiger partial charge is 0.321 e. The fourth-order valence-corrected chi connectivity index (χ4v) is 3.12. The Balaban J connectivity index is 2.02. The molecule has 20 heavy (non-hydrogen) atoms. The van der Waals surface area contributed by atoms with E-state index in [0.29, 0.717) is 22.3 Å². The largest absolute Gasteiger partial charge is 0.323 e. The zero-order valence-electron chi connectivity index (χ0n) is 10.5. The van der Waals surface area contributed by atoms with Crippen molar-refractivity contribution in [1.82, 2.24) is 4.90 Å². The summed E-state index contributed by atoms with van der Waals surface area (Å²) in [5.41, 5.74) is 1.57. The summed E-state index contributed by atoms with van der Waals surface area (Å²) in [4.78, 5) is 13.7. The third-order valence-electron chi connectivity index (χ3n) is 2.56. The van der Waals surface area contributed by atoms with Gasteiger partial charge in [-0.2, -0.15) is 0 Å². The van der Waals surface area contributed by atoms with E-state index < -0.39 is 0 Å². The topological polar surface area (TPSA) is 32.3 Å². The zero-order valence-corrected chi connectivity index (χ0v) is 14.4. The number of urea groups is 1. The molecule has 0 atom stereocenters. The van der Waals surface area contributed by atoms with Gasteiger partial charge < -0.3 is 10.2 Å². The van der Waals surface area contributed by atoms with E-state index in [1.54, 1.807) is 41.5 Å². The molecule has 0 aliphatic rings. The number of carbonyl (C=O) groups excluding carboxylic acids is 1. The van der Waals surface area contributed by atoms with Crippen LogP contribution >= 0.6 is 50.5 Å².